The zero-order valence-electron chi connectivity index (χ0n) is 13.8. The van der Waals surface area contributed by atoms with E-state index in [1.807, 2.05) is 38.1 Å². The lowest BCUT2D eigenvalue weighted by atomic mass is 10.1. The summed E-state index contributed by atoms with van der Waals surface area (Å²) in [6, 6.07) is 7.83. The highest BCUT2D eigenvalue weighted by Gasteiger charge is 2.36. The normalized spacial score (nSPS) is 15.8. The number of benzene rings is 1. The second kappa shape index (κ2) is 5.78. The maximum absolute atomic E-state index is 12.9. The maximum atomic E-state index is 12.9. The van der Waals surface area contributed by atoms with Gasteiger partial charge in [-0.3, -0.25) is 9.69 Å². The second-order valence-corrected chi connectivity index (χ2v) is 6.91. The monoisotopic (exact) mass is 342 g/mol. The highest BCUT2D eigenvalue weighted by Crippen LogP contribution is 2.39. The molecule has 1 aromatic heterocycles. The first-order chi connectivity index (χ1) is 11.5. The van der Waals surface area contributed by atoms with Crippen molar-refractivity contribution in [2.24, 2.45) is 5.92 Å². The molecule has 0 unspecified atom stereocenters. The smallest absolute Gasteiger partial charge is 0.235 e. The van der Waals surface area contributed by atoms with Crippen molar-refractivity contribution in [2.45, 2.75) is 33.1 Å². The molecule has 2 aromatic rings. The number of halogens is 1. The minimum absolute atomic E-state index is 0.0942. The van der Waals surface area contributed by atoms with Crippen LogP contribution in [0.5, 0.6) is 5.75 Å². The van der Waals surface area contributed by atoms with Crippen LogP contribution >= 0.6 is 11.6 Å². The molecule has 0 N–H and O–H groups in total. The fourth-order valence-electron chi connectivity index (χ4n) is 2.99. The molecule has 124 valence electrons. The molecule has 1 saturated carbocycles. The molecule has 0 radical (unpaired) electrons. The van der Waals surface area contributed by atoms with Crippen LogP contribution in [0.3, 0.4) is 0 Å². The Balaban J connectivity index is 1.81. The van der Waals surface area contributed by atoms with Crippen molar-refractivity contribution in [3.63, 3.8) is 0 Å². The Hall–Kier alpha value is -2.07. The Labute approximate surface area is 146 Å². The molecule has 1 aliphatic heterocycles. The molecule has 0 bridgehead atoms. The van der Waals surface area contributed by atoms with Gasteiger partial charge in [-0.2, -0.15) is 0 Å². The molecule has 24 heavy (non-hydrogen) atoms. The summed E-state index contributed by atoms with van der Waals surface area (Å²) in [6.07, 6.45) is 2.76. The average molecular weight is 343 g/mol. The number of carbonyl (C=O) groups is 1. The number of amides is 1. The largest absolute Gasteiger partial charge is 0.493 e. The number of nitrogens with zero attached hydrogens (tertiary/aromatic N) is 2. The Morgan fingerprint density at radius 2 is 2.08 bits per heavy atom. The number of rotatable bonds is 3. The first-order valence-electron chi connectivity index (χ1n) is 8.28. The molecule has 2 heterocycles. The van der Waals surface area contributed by atoms with Gasteiger partial charge in [-0.05, 0) is 67.6 Å². The van der Waals surface area contributed by atoms with Gasteiger partial charge >= 0.3 is 0 Å². The molecule has 1 aromatic carbocycles. The van der Waals surface area contributed by atoms with E-state index in [2.05, 4.69) is 4.98 Å². The van der Waals surface area contributed by atoms with Crippen molar-refractivity contribution in [1.82, 2.24) is 4.98 Å². The molecule has 2 aliphatic rings. The van der Waals surface area contributed by atoms with Crippen LogP contribution in [0, 0.1) is 19.8 Å². The van der Waals surface area contributed by atoms with Gasteiger partial charge in [0.25, 0.3) is 0 Å². The molecule has 5 heteroatoms. The number of carbonyl (C=O) groups excluding carboxylic acids is 1. The number of ether oxygens (including phenoxy) is 1. The van der Waals surface area contributed by atoms with Gasteiger partial charge in [0, 0.05) is 12.3 Å². The number of aromatic nitrogens is 1. The molecular weight excluding hydrogens is 324 g/mol. The molecule has 0 atom stereocenters. The number of hydrogen-bond acceptors (Lipinski definition) is 3. The van der Waals surface area contributed by atoms with Crippen molar-refractivity contribution in [3.05, 3.63) is 46.1 Å². The van der Waals surface area contributed by atoms with E-state index >= 15 is 0 Å². The number of fused-ring (bicyclic) bond motifs is 1. The van der Waals surface area contributed by atoms with Crippen LogP contribution < -0.4 is 9.64 Å². The number of pyridine rings is 1. The SMILES string of the molecule is Cc1cc(N(C(=O)C2CC2)c2ccc3c(c2)CCO3)nc(Cl)c1C. The molecule has 1 fully saturated rings. The Bertz CT molecular complexity index is 807. The van der Waals surface area contributed by atoms with E-state index in [0.717, 1.165) is 47.4 Å². The van der Waals surface area contributed by atoms with Crippen molar-refractivity contribution in [1.29, 1.82) is 0 Å². The molecule has 4 rings (SSSR count). The van der Waals surface area contributed by atoms with E-state index in [1.54, 1.807) is 4.90 Å². The van der Waals surface area contributed by atoms with Gasteiger partial charge in [-0.15, -0.1) is 0 Å². The van der Waals surface area contributed by atoms with Crippen LogP contribution in [0.1, 0.15) is 29.5 Å². The van der Waals surface area contributed by atoms with Gasteiger partial charge in [0.1, 0.15) is 16.7 Å². The fourth-order valence-corrected chi connectivity index (χ4v) is 3.23. The van der Waals surface area contributed by atoms with E-state index in [4.69, 9.17) is 16.3 Å². The highest BCUT2D eigenvalue weighted by atomic mass is 35.5. The van der Waals surface area contributed by atoms with E-state index < -0.39 is 0 Å². The van der Waals surface area contributed by atoms with Crippen molar-refractivity contribution in [2.75, 3.05) is 11.5 Å². The third-order valence-electron chi connectivity index (χ3n) is 4.77. The third-order valence-corrected chi connectivity index (χ3v) is 5.13. The number of aryl methyl sites for hydroxylation is 1. The zero-order chi connectivity index (χ0) is 16.8. The van der Waals surface area contributed by atoms with Gasteiger partial charge in [0.2, 0.25) is 5.91 Å². The van der Waals surface area contributed by atoms with E-state index in [9.17, 15) is 4.79 Å². The summed E-state index contributed by atoms with van der Waals surface area (Å²) in [7, 11) is 0. The first kappa shape index (κ1) is 15.5. The lowest BCUT2D eigenvalue weighted by molar-refractivity contribution is -0.119. The van der Waals surface area contributed by atoms with Crippen LogP contribution in [0.15, 0.2) is 24.3 Å². The summed E-state index contributed by atoms with van der Waals surface area (Å²) in [6.45, 7) is 4.63. The van der Waals surface area contributed by atoms with Crippen LogP contribution in [0.4, 0.5) is 11.5 Å². The average Bonchev–Trinajstić information content (AvgIpc) is 3.31. The molecule has 1 aliphatic carbocycles. The molecule has 4 nitrogen and oxygen atoms in total. The summed E-state index contributed by atoms with van der Waals surface area (Å²) in [4.78, 5) is 19.1. The first-order valence-corrected chi connectivity index (χ1v) is 8.66. The van der Waals surface area contributed by atoms with Gasteiger partial charge in [-0.1, -0.05) is 11.6 Å². The van der Waals surface area contributed by atoms with Gasteiger partial charge in [0.05, 0.1) is 12.3 Å². The van der Waals surface area contributed by atoms with E-state index in [1.165, 1.54) is 0 Å². The standard InChI is InChI=1S/C19H19ClN2O2/c1-11-9-17(21-18(20)12(11)2)22(19(23)13-3-4-13)15-5-6-16-14(10-15)7-8-24-16/h5-6,9-10,13H,3-4,7-8H2,1-2H3. The highest BCUT2D eigenvalue weighted by molar-refractivity contribution is 6.30. The summed E-state index contributed by atoms with van der Waals surface area (Å²) in [5.41, 5.74) is 3.95. The quantitative estimate of drug-likeness (QED) is 0.778. The molecule has 0 spiro atoms. The minimum atomic E-state index is 0.0942. The number of hydrogen-bond donors (Lipinski definition) is 0. The Morgan fingerprint density at radius 1 is 1.29 bits per heavy atom. The summed E-state index contributed by atoms with van der Waals surface area (Å²) >= 11 is 6.28. The van der Waals surface area contributed by atoms with Crippen molar-refractivity contribution >= 4 is 29.0 Å². The molecule has 0 saturated heterocycles. The van der Waals surface area contributed by atoms with Gasteiger partial charge in [0.15, 0.2) is 0 Å². The predicted molar refractivity (Wildman–Crippen MR) is 94.2 cm³/mol. The minimum Gasteiger partial charge on any atom is -0.493 e. The van der Waals surface area contributed by atoms with E-state index in [-0.39, 0.29) is 11.8 Å². The van der Waals surface area contributed by atoms with Crippen LogP contribution in [0.25, 0.3) is 0 Å². The summed E-state index contributed by atoms with van der Waals surface area (Å²) < 4.78 is 5.57. The van der Waals surface area contributed by atoms with Crippen LogP contribution in [-0.2, 0) is 11.2 Å². The lowest BCUT2D eigenvalue weighted by Crippen LogP contribution is -2.28. The zero-order valence-corrected chi connectivity index (χ0v) is 14.6. The number of anilines is 2. The fraction of sp³-hybridized carbons (Fsp3) is 0.368. The topological polar surface area (TPSA) is 42.4 Å². The van der Waals surface area contributed by atoms with Crippen LogP contribution in [-0.4, -0.2) is 17.5 Å². The second-order valence-electron chi connectivity index (χ2n) is 6.55. The van der Waals surface area contributed by atoms with Gasteiger partial charge < -0.3 is 4.74 Å². The molecular formula is C19H19ClN2O2. The van der Waals surface area contributed by atoms with Crippen LogP contribution in [0.2, 0.25) is 5.15 Å². The van der Waals surface area contributed by atoms with Gasteiger partial charge in [-0.25, -0.2) is 4.98 Å². The predicted octanol–water partition coefficient (Wildman–Crippen LogP) is 4.36. The Morgan fingerprint density at radius 3 is 2.79 bits per heavy atom. The third kappa shape index (κ3) is 2.65. The summed E-state index contributed by atoms with van der Waals surface area (Å²) in [5.74, 6) is 1.69. The maximum Gasteiger partial charge on any atom is 0.235 e. The lowest BCUT2D eigenvalue weighted by Gasteiger charge is -2.23. The Kier molecular flexibility index (Phi) is 3.72. The van der Waals surface area contributed by atoms with Crippen molar-refractivity contribution in [3.8, 4) is 5.75 Å². The van der Waals surface area contributed by atoms with Crippen molar-refractivity contribution < 1.29 is 9.53 Å². The van der Waals surface area contributed by atoms with E-state index in [0.29, 0.717) is 17.6 Å². The summed E-state index contributed by atoms with van der Waals surface area (Å²) in [5, 5.41) is 0.447. The molecule has 1 amide bonds.